The minimum Gasteiger partial charge on any atom is -0.481 e. The molecule has 4 nitrogen and oxygen atoms in total. The number of carbonyl (C=O) groups is 1. The lowest BCUT2D eigenvalue weighted by atomic mass is 10.2. The second-order valence-electron chi connectivity index (χ2n) is 3.16. The molecule has 0 bridgehead atoms. The van der Waals surface area contributed by atoms with E-state index in [0.29, 0.717) is 0 Å². The molecule has 0 radical (unpaired) electrons. The number of nitrogens with one attached hydrogen (secondary N) is 1. The average molecular weight is 222 g/mol. The summed E-state index contributed by atoms with van der Waals surface area (Å²) in [6.07, 6.45) is 0. The highest BCUT2D eigenvalue weighted by Gasteiger charge is 2.06. The van der Waals surface area contributed by atoms with Crippen molar-refractivity contribution in [3.8, 4) is 11.8 Å². The lowest BCUT2D eigenvalue weighted by molar-refractivity contribution is -0.122. The van der Waals surface area contributed by atoms with Gasteiger partial charge in [-0.2, -0.15) is 5.26 Å². The van der Waals surface area contributed by atoms with Crippen LogP contribution in [0.4, 0.5) is 4.39 Å². The number of halogens is 1. The molecule has 0 aliphatic rings. The zero-order valence-corrected chi connectivity index (χ0v) is 8.79. The van der Waals surface area contributed by atoms with Crippen LogP contribution in [0.2, 0.25) is 0 Å². The van der Waals surface area contributed by atoms with E-state index in [2.05, 4.69) is 5.32 Å². The fourth-order valence-electron chi connectivity index (χ4n) is 1.05. The Morgan fingerprint density at radius 3 is 3.06 bits per heavy atom. The molecule has 1 aromatic carbocycles. The molecule has 16 heavy (non-hydrogen) atoms. The van der Waals surface area contributed by atoms with Gasteiger partial charge in [0.2, 0.25) is 0 Å². The summed E-state index contributed by atoms with van der Waals surface area (Å²) in [5, 5.41) is 10.5. The Morgan fingerprint density at radius 2 is 2.38 bits per heavy atom. The van der Waals surface area contributed by atoms with Crippen LogP contribution in [0.1, 0.15) is 5.56 Å². The number of benzene rings is 1. The van der Waals surface area contributed by atoms with Crippen LogP contribution in [-0.4, -0.2) is 19.1 Å². The van der Waals surface area contributed by atoms with Crippen LogP contribution in [-0.2, 0) is 4.79 Å². The van der Waals surface area contributed by atoms with E-state index < -0.39 is 11.7 Å². The molecule has 1 rings (SSSR count). The first-order chi connectivity index (χ1) is 7.63. The average Bonchev–Trinajstić information content (AvgIpc) is 2.27. The van der Waals surface area contributed by atoms with E-state index in [0.717, 1.165) is 5.56 Å². The second kappa shape index (κ2) is 5.71. The number of amides is 1. The van der Waals surface area contributed by atoms with Crippen LogP contribution in [0.3, 0.4) is 0 Å². The molecule has 0 saturated carbocycles. The molecule has 0 aliphatic heterocycles. The van der Waals surface area contributed by atoms with Gasteiger partial charge in [0.1, 0.15) is 6.54 Å². The Bertz CT molecular complexity index is 426. The van der Waals surface area contributed by atoms with Gasteiger partial charge in [0.15, 0.2) is 18.2 Å². The molecule has 1 aromatic rings. The monoisotopic (exact) mass is 222 g/mol. The third-order valence-electron chi connectivity index (χ3n) is 1.81. The normalized spacial score (nSPS) is 9.31. The Balaban J connectivity index is 2.51. The maximum Gasteiger partial charge on any atom is 0.258 e. The Hall–Kier alpha value is -2.09. The van der Waals surface area contributed by atoms with Crippen LogP contribution in [0.15, 0.2) is 18.2 Å². The van der Waals surface area contributed by atoms with Gasteiger partial charge in [-0.1, -0.05) is 6.07 Å². The van der Waals surface area contributed by atoms with Gasteiger partial charge in [-0.05, 0) is 24.6 Å². The van der Waals surface area contributed by atoms with Crippen molar-refractivity contribution >= 4 is 5.91 Å². The van der Waals surface area contributed by atoms with Crippen LogP contribution in [0.5, 0.6) is 5.75 Å². The number of carbonyl (C=O) groups excluding carboxylic acids is 1. The van der Waals surface area contributed by atoms with Crippen molar-refractivity contribution in [2.45, 2.75) is 6.92 Å². The van der Waals surface area contributed by atoms with Crippen LogP contribution < -0.4 is 10.1 Å². The van der Waals surface area contributed by atoms with Gasteiger partial charge in [0, 0.05) is 0 Å². The molecule has 84 valence electrons. The molecule has 0 spiro atoms. The van der Waals surface area contributed by atoms with Gasteiger partial charge in [0.25, 0.3) is 5.91 Å². The second-order valence-corrected chi connectivity index (χ2v) is 3.16. The zero-order valence-electron chi connectivity index (χ0n) is 8.79. The van der Waals surface area contributed by atoms with Crippen LogP contribution >= 0.6 is 0 Å². The summed E-state index contributed by atoms with van der Waals surface area (Å²) in [6.45, 7) is 1.41. The molecule has 0 atom stereocenters. The molecule has 0 aliphatic carbocycles. The predicted octanol–water partition coefficient (Wildman–Crippen LogP) is 1.15. The summed E-state index contributed by atoms with van der Waals surface area (Å²) in [7, 11) is 0. The van der Waals surface area contributed by atoms with E-state index in [1.807, 2.05) is 0 Å². The summed E-state index contributed by atoms with van der Waals surface area (Å²) >= 11 is 0. The molecule has 1 amide bonds. The van der Waals surface area contributed by atoms with Crippen molar-refractivity contribution in [3.63, 3.8) is 0 Å². The zero-order chi connectivity index (χ0) is 12.0. The largest absolute Gasteiger partial charge is 0.481 e. The summed E-state index contributed by atoms with van der Waals surface area (Å²) < 4.78 is 18.1. The molecule has 0 heterocycles. The number of ether oxygens (including phenoxy) is 1. The lowest BCUT2D eigenvalue weighted by Gasteiger charge is -2.07. The lowest BCUT2D eigenvalue weighted by Crippen LogP contribution is -2.29. The SMILES string of the molecule is Cc1ccc(F)c(OCC(=O)NCC#N)c1. The fraction of sp³-hybridized carbons (Fsp3) is 0.273. The molecule has 0 aromatic heterocycles. The Morgan fingerprint density at radius 1 is 1.62 bits per heavy atom. The van der Waals surface area contributed by atoms with Crippen molar-refractivity contribution in [3.05, 3.63) is 29.6 Å². The van der Waals surface area contributed by atoms with E-state index in [1.54, 1.807) is 19.1 Å². The molecular formula is C11H11FN2O2. The quantitative estimate of drug-likeness (QED) is 0.777. The summed E-state index contributed by atoms with van der Waals surface area (Å²) in [5.41, 5.74) is 0.842. The van der Waals surface area contributed by atoms with E-state index in [1.165, 1.54) is 12.1 Å². The van der Waals surface area contributed by atoms with Crippen molar-refractivity contribution in [2.24, 2.45) is 0 Å². The number of hydrogen-bond acceptors (Lipinski definition) is 3. The van der Waals surface area contributed by atoms with Gasteiger partial charge in [-0.15, -0.1) is 0 Å². The summed E-state index contributed by atoms with van der Waals surface area (Å²) in [5.74, 6) is -0.937. The minimum absolute atomic E-state index is 0.0344. The van der Waals surface area contributed by atoms with E-state index in [4.69, 9.17) is 10.00 Å². The maximum absolute atomic E-state index is 13.2. The number of aryl methyl sites for hydroxylation is 1. The summed E-state index contributed by atoms with van der Waals surface area (Å²) in [6, 6.07) is 6.15. The van der Waals surface area contributed by atoms with Gasteiger partial charge in [-0.3, -0.25) is 4.79 Å². The first-order valence-corrected chi connectivity index (χ1v) is 4.66. The van der Waals surface area contributed by atoms with Gasteiger partial charge < -0.3 is 10.1 Å². The molecular weight excluding hydrogens is 211 g/mol. The van der Waals surface area contributed by atoms with E-state index in [-0.39, 0.29) is 18.9 Å². The number of hydrogen-bond donors (Lipinski definition) is 1. The molecule has 0 fully saturated rings. The Labute approximate surface area is 92.6 Å². The predicted molar refractivity (Wildman–Crippen MR) is 55.3 cm³/mol. The molecule has 1 N–H and O–H groups in total. The molecule has 0 unspecified atom stereocenters. The first kappa shape index (κ1) is 12.0. The van der Waals surface area contributed by atoms with Gasteiger partial charge in [-0.25, -0.2) is 4.39 Å². The van der Waals surface area contributed by atoms with Crippen molar-refractivity contribution < 1.29 is 13.9 Å². The van der Waals surface area contributed by atoms with Crippen LogP contribution in [0.25, 0.3) is 0 Å². The smallest absolute Gasteiger partial charge is 0.258 e. The molecule has 5 heteroatoms. The molecule has 0 saturated heterocycles. The standard InChI is InChI=1S/C11H11FN2O2/c1-8-2-3-9(12)10(6-8)16-7-11(15)14-5-4-13/h2-3,6H,5,7H2,1H3,(H,14,15). The third-order valence-corrected chi connectivity index (χ3v) is 1.81. The van der Waals surface area contributed by atoms with Crippen molar-refractivity contribution in [1.29, 1.82) is 5.26 Å². The Kier molecular flexibility index (Phi) is 4.28. The maximum atomic E-state index is 13.2. The van der Waals surface area contributed by atoms with Crippen molar-refractivity contribution in [1.82, 2.24) is 5.32 Å². The number of nitriles is 1. The first-order valence-electron chi connectivity index (χ1n) is 4.66. The van der Waals surface area contributed by atoms with Gasteiger partial charge >= 0.3 is 0 Å². The van der Waals surface area contributed by atoms with Crippen LogP contribution in [0, 0.1) is 24.1 Å². The number of rotatable bonds is 4. The van der Waals surface area contributed by atoms with Gasteiger partial charge in [0.05, 0.1) is 6.07 Å². The highest BCUT2D eigenvalue weighted by molar-refractivity contribution is 5.77. The highest BCUT2D eigenvalue weighted by Crippen LogP contribution is 2.17. The number of nitrogens with zero attached hydrogens (tertiary/aromatic N) is 1. The fourth-order valence-corrected chi connectivity index (χ4v) is 1.05. The van der Waals surface area contributed by atoms with Crippen molar-refractivity contribution in [2.75, 3.05) is 13.2 Å². The highest BCUT2D eigenvalue weighted by atomic mass is 19.1. The third kappa shape index (κ3) is 3.58. The summed E-state index contributed by atoms with van der Waals surface area (Å²) in [4.78, 5) is 11.1. The minimum atomic E-state index is -0.515. The van der Waals surface area contributed by atoms with E-state index in [9.17, 15) is 9.18 Å². The van der Waals surface area contributed by atoms with E-state index >= 15 is 0 Å². The topological polar surface area (TPSA) is 62.1 Å².